The Morgan fingerprint density at radius 1 is 1.13 bits per heavy atom. The molecule has 0 aliphatic rings. The van der Waals surface area contributed by atoms with Crippen molar-refractivity contribution in [3.8, 4) is 0 Å². The van der Waals surface area contributed by atoms with Gasteiger partial charge in [-0.1, -0.05) is 43.8 Å². The summed E-state index contributed by atoms with van der Waals surface area (Å²) < 4.78 is 28.9. The summed E-state index contributed by atoms with van der Waals surface area (Å²) in [6, 6.07) is 14.4. The standard InChI is InChI=1S/C21H25N3O3S3/c1-3-24(4-2)30(26,27)17-10-7-9-16(15-17)22-20(25)13-8-14-28-21-23-18-11-5-6-12-19(18)29-21/h5-7,9-12,15H,3-4,8,13-14H2,1-2H3,(H,22,25). The minimum absolute atomic E-state index is 0.128. The maximum Gasteiger partial charge on any atom is 0.243 e. The molecule has 1 N–H and O–H groups in total. The van der Waals surface area contributed by atoms with Crippen LogP contribution in [0.4, 0.5) is 5.69 Å². The third-order valence-corrected chi connectivity index (χ3v) is 8.82. The summed E-state index contributed by atoms with van der Waals surface area (Å²) >= 11 is 3.31. The second-order valence-corrected chi connectivity index (χ2v) is 10.9. The second kappa shape index (κ2) is 10.4. The maximum atomic E-state index is 12.6. The molecule has 0 unspecified atom stereocenters. The Morgan fingerprint density at radius 2 is 1.90 bits per heavy atom. The molecule has 9 heteroatoms. The molecule has 0 saturated carbocycles. The number of nitrogens with one attached hydrogen (secondary N) is 1. The van der Waals surface area contributed by atoms with E-state index in [9.17, 15) is 13.2 Å². The number of carbonyl (C=O) groups is 1. The molecular formula is C21H25N3O3S3. The molecule has 0 saturated heterocycles. The molecule has 3 aromatic rings. The van der Waals surface area contributed by atoms with Crippen LogP contribution >= 0.6 is 23.1 Å². The molecule has 0 spiro atoms. The first-order chi connectivity index (χ1) is 14.4. The van der Waals surface area contributed by atoms with Crippen LogP contribution in [0.3, 0.4) is 0 Å². The van der Waals surface area contributed by atoms with Crippen molar-refractivity contribution in [3.05, 3.63) is 48.5 Å². The minimum Gasteiger partial charge on any atom is -0.326 e. The highest BCUT2D eigenvalue weighted by Crippen LogP contribution is 2.29. The van der Waals surface area contributed by atoms with Gasteiger partial charge in [0.2, 0.25) is 15.9 Å². The molecule has 3 rings (SSSR count). The fraction of sp³-hybridized carbons (Fsp3) is 0.333. The summed E-state index contributed by atoms with van der Waals surface area (Å²) in [6.45, 7) is 4.42. The SMILES string of the molecule is CCN(CC)S(=O)(=O)c1cccc(NC(=O)CCCSc2nc3ccccc3s2)c1. The zero-order valence-electron chi connectivity index (χ0n) is 17.0. The zero-order chi connectivity index (χ0) is 21.6. The van der Waals surface area contributed by atoms with Crippen molar-refractivity contribution >= 4 is 54.9 Å². The van der Waals surface area contributed by atoms with Crippen molar-refractivity contribution in [2.45, 2.75) is 35.9 Å². The summed E-state index contributed by atoms with van der Waals surface area (Å²) in [6.07, 6.45) is 1.08. The smallest absolute Gasteiger partial charge is 0.243 e. The molecule has 1 amide bonds. The highest BCUT2D eigenvalue weighted by Gasteiger charge is 2.21. The summed E-state index contributed by atoms with van der Waals surface area (Å²) in [7, 11) is -3.55. The molecule has 1 heterocycles. The number of nitrogens with zero attached hydrogens (tertiary/aromatic N) is 2. The van der Waals surface area contributed by atoms with Gasteiger partial charge in [0, 0.05) is 31.0 Å². The van der Waals surface area contributed by atoms with E-state index in [-0.39, 0.29) is 10.8 Å². The first-order valence-corrected chi connectivity index (χ1v) is 13.1. The van der Waals surface area contributed by atoms with Gasteiger partial charge in [0.15, 0.2) is 4.34 Å². The molecule has 6 nitrogen and oxygen atoms in total. The summed E-state index contributed by atoms with van der Waals surface area (Å²) in [5, 5.41) is 2.81. The van der Waals surface area contributed by atoms with E-state index in [1.807, 2.05) is 18.2 Å². The van der Waals surface area contributed by atoms with Gasteiger partial charge < -0.3 is 5.32 Å². The van der Waals surface area contributed by atoms with E-state index in [0.29, 0.717) is 31.6 Å². The minimum atomic E-state index is -3.55. The van der Waals surface area contributed by atoms with Gasteiger partial charge in [-0.15, -0.1) is 11.3 Å². The van der Waals surface area contributed by atoms with E-state index in [1.54, 1.807) is 55.1 Å². The van der Waals surface area contributed by atoms with Crippen LogP contribution in [0.15, 0.2) is 57.8 Å². The van der Waals surface area contributed by atoms with E-state index in [0.717, 1.165) is 20.3 Å². The Balaban J connectivity index is 1.51. The van der Waals surface area contributed by atoms with E-state index in [4.69, 9.17) is 0 Å². The average Bonchev–Trinajstić information content (AvgIpc) is 3.15. The molecule has 0 fully saturated rings. The average molecular weight is 464 g/mol. The van der Waals surface area contributed by atoms with Gasteiger partial charge in [0.1, 0.15) is 0 Å². The van der Waals surface area contributed by atoms with Crippen LogP contribution in [0.25, 0.3) is 10.2 Å². The fourth-order valence-electron chi connectivity index (χ4n) is 2.98. The number of rotatable bonds is 10. The maximum absolute atomic E-state index is 12.6. The number of carbonyl (C=O) groups excluding carboxylic acids is 1. The number of para-hydroxylation sites is 1. The van der Waals surface area contributed by atoms with Gasteiger partial charge in [-0.05, 0) is 36.8 Å². The lowest BCUT2D eigenvalue weighted by Crippen LogP contribution is -2.30. The predicted molar refractivity (Wildman–Crippen MR) is 125 cm³/mol. The van der Waals surface area contributed by atoms with Crippen LogP contribution in [0, 0.1) is 0 Å². The lowest BCUT2D eigenvalue weighted by atomic mass is 10.3. The topological polar surface area (TPSA) is 79.4 Å². The Bertz CT molecular complexity index is 1080. The molecule has 0 bridgehead atoms. The number of thioether (sulfide) groups is 1. The Labute approximate surface area is 185 Å². The van der Waals surface area contributed by atoms with Crippen LogP contribution in [0.2, 0.25) is 0 Å². The van der Waals surface area contributed by atoms with Crippen LogP contribution in [0.1, 0.15) is 26.7 Å². The second-order valence-electron chi connectivity index (χ2n) is 6.56. The number of thiazole rings is 1. The number of amides is 1. The summed E-state index contributed by atoms with van der Waals surface area (Å²) in [5.41, 5.74) is 1.49. The van der Waals surface area contributed by atoms with Crippen molar-refractivity contribution in [3.63, 3.8) is 0 Å². The van der Waals surface area contributed by atoms with Gasteiger partial charge in [-0.2, -0.15) is 4.31 Å². The zero-order valence-corrected chi connectivity index (χ0v) is 19.4. The van der Waals surface area contributed by atoms with E-state index in [1.165, 1.54) is 10.4 Å². The largest absolute Gasteiger partial charge is 0.326 e. The van der Waals surface area contributed by atoms with Gasteiger partial charge >= 0.3 is 0 Å². The molecule has 160 valence electrons. The van der Waals surface area contributed by atoms with Gasteiger partial charge in [0.05, 0.1) is 15.1 Å². The van der Waals surface area contributed by atoms with Crippen molar-refractivity contribution in [2.24, 2.45) is 0 Å². The first-order valence-electron chi connectivity index (χ1n) is 9.82. The van der Waals surface area contributed by atoms with Gasteiger partial charge in [-0.3, -0.25) is 4.79 Å². The molecule has 0 radical (unpaired) electrons. The van der Waals surface area contributed by atoms with E-state index < -0.39 is 10.0 Å². The highest BCUT2D eigenvalue weighted by atomic mass is 32.2. The number of sulfonamides is 1. The fourth-order valence-corrected chi connectivity index (χ4v) is 6.56. The van der Waals surface area contributed by atoms with Crippen LogP contribution in [0.5, 0.6) is 0 Å². The number of hydrogen-bond donors (Lipinski definition) is 1. The third-order valence-electron chi connectivity index (χ3n) is 4.51. The van der Waals surface area contributed by atoms with Gasteiger partial charge in [-0.25, -0.2) is 13.4 Å². The van der Waals surface area contributed by atoms with E-state index in [2.05, 4.69) is 16.4 Å². The number of anilines is 1. The molecule has 30 heavy (non-hydrogen) atoms. The first kappa shape index (κ1) is 22.7. The lowest BCUT2D eigenvalue weighted by molar-refractivity contribution is -0.116. The molecule has 0 aliphatic carbocycles. The summed E-state index contributed by atoms with van der Waals surface area (Å²) in [4.78, 5) is 17.0. The Kier molecular flexibility index (Phi) is 7.87. The highest BCUT2D eigenvalue weighted by molar-refractivity contribution is 8.01. The monoisotopic (exact) mass is 463 g/mol. The molecule has 0 atom stereocenters. The van der Waals surface area contributed by atoms with Crippen molar-refractivity contribution in [1.82, 2.24) is 9.29 Å². The van der Waals surface area contributed by atoms with Crippen molar-refractivity contribution < 1.29 is 13.2 Å². The molecule has 2 aromatic carbocycles. The number of aromatic nitrogens is 1. The number of hydrogen-bond acceptors (Lipinski definition) is 6. The Hall–Kier alpha value is -1.94. The van der Waals surface area contributed by atoms with E-state index >= 15 is 0 Å². The van der Waals surface area contributed by atoms with Crippen LogP contribution in [-0.2, 0) is 14.8 Å². The Morgan fingerprint density at radius 3 is 2.63 bits per heavy atom. The van der Waals surface area contributed by atoms with Gasteiger partial charge in [0.25, 0.3) is 0 Å². The third kappa shape index (κ3) is 5.60. The number of benzene rings is 2. The normalized spacial score (nSPS) is 11.8. The van der Waals surface area contributed by atoms with Crippen molar-refractivity contribution in [2.75, 3.05) is 24.2 Å². The van der Waals surface area contributed by atoms with Crippen LogP contribution in [-0.4, -0.2) is 42.5 Å². The van der Waals surface area contributed by atoms with Crippen molar-refractivity contribution in [1.29, 1.82) is 0 Å². The molecule has 0 aliphatic heterocycles. The summed E-state index contributed by atoms with van der Waals surface area (Å²) in [5.74, 6) is 0.668. The predicted octanol–water partition coefficient (Wildman–Crippen LogP) is 4.84. The molecular weight excluding hydrogens is 438 g/mol. The quantitative estimate of drug-likeness (QED) is 0.344. The molecule has 1 aromatic heterocycles. The number of fused-ring (bicyclic) bond motifs is 1. The van der Waals surface area contributed by atoms with Crippen LogP contribution < -0.4 is 5.32 Å². The lowest BCUT2D eigenvalue weighted by Gasteiger charge is -2.18.